The van der Waals surface area contributed by atoms with E-state index in [-0.39, 0.29) is 64.2 Å². The minimum absolute atomic E-state index is 0.0134. The number of benzene rings is 4. The first kappa shape index (κ1) is 62.2. The van der Waals surface area contributed by atoms with Crippen LogP contribution in [0.1, 0.15) is 54.1 Å². The molecule has 0 radical (unpaired) electrons. The molecule has 0 saturated heterocycles. The summed E-state index contributed by atoms with van der Waals surface area (Å²) in [5, 5.41) is 0. The first-order valence-corrected chi connectivity index (χ1v) is 31.7. The Morgan fingerprint density at radius 1 is 0.321 bits per heavy atom. The van der Waals surface area contributed by atoms with Gasteiger partial charge in [-0.15, -0.1) is 0 Å². The minimum atomic E-state index is -3.50. The molecule has 0 bridgehead atoms. The van der Waals surface area contributed by atoms with Gasteiger partial charge in [0.15, 0.2) is 49.2 Å². The van der Waals surface area contributed by atoms with E-state index in [0.29, 0.717) is 33.4 Å². The maximum absolute atomic E-state index is 11.8. The summed E-state index contributed by atoms with van der Waals surface area (Å²) in [5.41, 5.74) is 44.8. The zero-order valence-corrected chi connectivity index (χ0v) is 46.5. The molecule has 81 heavy (non-hydrogen) atoms. The molecule has 4 aromatic rings. The summed E-state index contributed by atoms with van der Waals surface area (Å²) in [7, 11) is -17.1. The number of ketones is 5. The van der Waals surface area contributed by atoms with Gasteiger partial charge in [-0.1, -0.05) is 60.7 Å². The van der Waals surface area contributed by atoms with Crippen molar-refractivity contribution in [2.75, 3.05) is 31.3 Å². The fourth-order valence-electron chi connectivity index (χ4n) is 7.61. The van der Waals surface area contributed by atoms with Crippen molar-refractivity contribution in [3.05, 3.63) is 205 Å². The lowest BCUT2D eigenvalue weighted by Crippen LogP contribution is -2.22. The Morgan fingerprint density at radius 3 is 1.21 bits per heavy atom. The van der Waals surface area contributed by atoms with E-state index in [1.54, 1.807) is 48.5 Å². The highest BCUT2D eigenvalue weighted by molar-refractivity contribution is 8.00. The van der Waals surface area contributed by atoms with Gasteiger partial charge in [0.05, 0.1) is 47.8 Å². The molecule has 4 aromatic carbocycles. The van der Waals surface area contributed by atoms with Crippen LogP contribution in [0.25, 0.3) is 49.6 Å². The molecule has 5 aliphatic rings. The van der Waals surface area contributed by atoms with Crippen LogP contribution in [0, 0.1) is 0 Å². The van der Waals surface area contributed by atoms with Crippen LogP contribution in [0.3, 0.4) is 0 Å². The summed E-state index contributed by atoms with van der Waals surface area (Å²) in [5.74, 6) is -2.57. The van der Waals surface area contributed by atoms with Gasteiger partial charge in [-0.3, -0.25) is 24.0 Å². The summed E-state index contributed by atoms with van der Waals surface area (Å²) in [6.07, 6.45) is 15.9. The van der Waals surface area contributed by atoms with Gasteiger partial charge in [0.1, 0.15) is 0 Å². The molecule has 30 heteroatoms. The van der Waals surface area contributed by atoms with Crippen molar-refractivity contribution in [1.29, 1.82) is 0 Å². The highest BCUT2D eigenvalue weighted by Gasteiger charge is 2.36. The molecule has 0 saturated carbocycles. The van der Waals surface area contributed by atoms with Crippen LogP contribution >= 0.6 is 0 Å². The number of hydrogen-bond acceptors (Lipinski definition) is 15. The van der Waals surface area contributed by atoms with E-state index in [1.807, 2.05) is 0 Å². The molecule has 0 amide bonds. The van der Waals surface area contributed by atoms with Gasteiger partial charge in [-0.2, -0.15) is 23.9 Å². The topological polar surface area (TPSA) is 438 Å². The maximum atomic E-state index is 11.8. The number of nitrogens with zero attached hydrogens (tertiary/aromatic N) is 10. The molecular formula is C51H38N10O15S5. The van der Waals surface area contributed by atoms with Crippen molar-refractivity contribution >= 4 is 129 Å². The largest absolute Gasteiger partial charge is 0.369 e. The van der Waals surface area contributed by atoms with Gasteiger partial charge in [-0.25, -0.2) is 42.1 Å². The van der Waals surface area contributed by atoms with Crippen LogP contribution < -0.4 is 0 Å². The molecule has 412 valence electrons. The van der Waals surface area contributed by atoms with E-state index >= 15 is 0 Å². The van der Waals surface area contributed by atoms with E-state index in [0.717, 1.165) is 55.6 Å². The van der Waals surface area contributed by atoms with Crippen molar-refractivity contribution in [3.8, 4) is 0 Å². The molecule has 0 spiro atoms. The molecular weight excluding hydrogens is 1150 g/mol. The van der Waals surface area contributed by atoms with Crippen LogP contribution in [-0.2, 0) is 63.6 Å². The van der Waals surface area contributed by atoms with Crippen LogP contribution in [0.15, 0.2) is 142 Å². The van der Waals surface area contributed by atoms with Crippen molar-refractivity contribution in [2.24, 2.45) is 0 Å². The van der Waals surface area contributed by atoms with Gasteiger partial charge in [0, 0.05) is 76.8 Å². The number of rotatable bonds is 5. The minimum Gasteiger partial charge on any atom is -0.361 e. The standard InChI is InChI=1S/4C11H8N2O3S.C7H6N2O3S/c1-17(15,16)10-4-2-3-8-7(10)5-6-9(14)11(8)13-12;1-17(15,16)10-4-2-3-8-7(10)5-6-9(13-12)11(8)14;1-17(15,16)10-6-9(14)11(13-12)8-5-3-2-4-7(8)10;1-17(15,16)10-6-9(13-12)11(14)8-5-3-2-4-7(8)10;1-13(11,12)5-2-3-7(10)6(4-5)9-8/h4*2-6H,1H3;2-4H,1H3. The average molecular weight is 1190 g/mol. The number of hydrogen-bond donors (Lipinski definition) is 0. The molecule has 0 aliphatic heterocycles. The van der Waals surface area contributed by atoms with Crippen LogP contribution in [0.5, 0.6) is 0 Å². The first-order chi connectivity index (χ1) is 37.7. The quantitative estimate of drug-likeness (QED) is 0.157. The molecule has 25 nitrogen and oxygen atoms in total. The fraction of sp³-hybridized carbons (Fsp3) is 0.0980. The number of fused-ring (bicyclic) bond motifs is 4. The van der Waals surface area contributed by atoms with E-state index < -0.39 is 78.1 Å². The second-order valence-electron chi connectivity index (χ2n) is 17.1. The fourth-order valence-corrected chi connectivity index (χ4v) is 11.9. The third-order valence-electron chi connectivity index (χ3n) is 11.3. The number of carbonyl (C=O) groups excluding carboxylic acids is 5. The van der Waals surface area contributed by atoms with Gasteiger partial charge >= 0.3 is 28.6 Å². The van der Waals surface area contributed by atoms with Crippen LogP contribution in [0.4, 0.5) is 0 Å². The smallest absolute Gasteiger partial charge is 0.361 e. The van der Waals surface area contributed by atoms with E-state index in [2.05, 4.69) is 23.9 Å². The Kier molecular flexibility index (Phi) is 18.8. The third-order valence-corrected chi connectivity index (χ3v) is 17.0. The van der Waals surface area contributed by atoms with Crippen molar-refractivity contribution < 1.29 is 90.0 Å². The van der Waals surface area contributed by atoms with E-state index in [1.165, 1.54) is 66.8 Å². The predicted octanol–water partition coefficient (Wildman–Crippen LogP) is 3.01. The molecule has 5 aliphatic carbocycles. The summed E-state index contributed by atoms with van der Waals surface area (Å²) >= 11 is 0. The number of allylic oxidation sites excluding steroid dienone is 7. The van der Waals surface area contributed by atoms with Crippen molar-refractivity contribution in [2.45, 2.75) is 9.79 Å². The van der Waals surface area contributed by atoms with Crippen molar-refractivity contribution in [3.63, 3.8) is 0 Å². The zero-order chi connectivity index (χ0) is 60.6. The summed E-state index contributed by atoms with van der Waals surface area (Å²) in [6.45, 7) is 0. The van der Waals surface area contributed by atoms with Gasteiger partial charge in [-0.05, 0) is 54.6 Å². The molecule has 0 aromatic heterocycles. The van der Waals surface area contributed by atoms with Crippen LogP contribution in [0.2, 0.25) is 0 Å². The van der Waals surface area contributed by atoms with Gasteiger partial charge in [0.25, 0.3) is 28.9 Å². The molecule has 0 heterocycles. The monoisotopic (exact) mass is 1190 g/mol. The molecule has 9 rings (SSSR count). The Morgan fingerprint density at radius 2 is 0.728 bits per heavy atom. The lowest BCUT2D eigenvalue weighted by Gasteiger charge is -2.12. The zero-order valence-electron chi connectivity index (χ0n) is 42.4. The van der Waals surface area contributed by atoms with Gasteiger partial charge in [0.2, 0.25) is 0 Å². The Balaban J connectivity index is 0.000000186. The number of carbonyl (C=O) groups is 5. The predicted molar refractivity (Wildman–Crippen MR) is 293 cm³/mol. The lowest BCUT2D eigenvalue weighted by molar-refractivity contribution is -0.113. The lowest BCUT2D eigenvalue weighted by atomic mass is 9.95. The first-order valence-electron chi connectivity index (χ1n) is 22.2. The molecule has 0 fully saturated rings. The second kappa shape index (κ2) is 24.6. The Labute approximate surface area is 461 Å². The number of sulfone groups is 5. The van der Waals surface area contributed by atoms with Crippen molar-refractivity contribution in [1.82, 2.24) is 0 Å². The summed E-state index contributed by atoms with van der Waals surface area (Å²) in [4.78, 5) is 71.8. The Hall–Kier alpha value is -9.68. The highest BCUT2D eigenvalue weighted by Crippen LogP contribution is 2.31. The summed E-state index contributed by atoms with van der Waals surface area (Å²) < 4.78 is 115. The molecule has 0 N–H and O–H groups in total. The van der Waals surface area contributed by atoms with Gasteiger partial charge < -0.3 is 27.7 Å². The molecule has 0 unspecified atom stereocenters. The van der Waals surface area contributed by atoms with Crippen LogP contribution in [-0.4, -0.2) is 155 Å². The maximum Gasteiger partial charge on any atom is 0.369 e. The second-order valence-corrected chi connectivity index (χ2v) is 27.0. The normalized spacial score (nSPS) is 15.0. The molecule has 0 atom stereocenters. The Bertz CT molecular complexity index is 4600. The van der Waals surface area contributed by atoms with E-state index in [4.69, 9.17) is 27.7 Å². The van der Waals surface area contributed by atoms with E-state index in [9.17, 15) is 66.1 Å². The number of Topliss-reactive ketones (excluding diaryl/α,β-unsaturated/α-hetero) is 2. The summed E-state index contributed by atoms with van der Waals surface area (Å²) in [6, 6.07) is 21.6. The average Bonchev–Trinajstić information content (AvgIpc) is 3.40. The SMILES string of the molecule is CS(=O)(=O)C1=CC(=O)C(=[N+]=[N-])c2ccccc21.CS(=O)(=O)C1=CC(=[N+]=[N-])C(=O)C=C1.CS(=O)(=O)C1=CC(=[N+]=[N-])C(=O)c2ccccc21.CS(=O)(=O)c1cccc2c1C=CC(=O)C2=[N+]=[N-].CS(=O)(=O)c1cccc2c1C=CC(=[N+]=[N-])C2=O. The highest BCUT2D eigenvalue weighted by atomic mass is 32.2. The third kappa shape index (κ3) is 14.3.